The van der Waals surface area contributed by atoms with Crippen LogP contribution in [-0.4, -0.2) is 109 Å². The molecule has 2 bridgehead atoms. The van der Waals surface area contributed by atoms with Crippen LogP contribution < -0.4 is 10.6 Å². The fraction of sp³-hybridized carbons (Fsp3) is 0.875. The number of nitrogens with zero attached hydrogens (tertiary/aromatic N) is 2. The second-order valence-electron chi connectivity index (χ2n) is 10.5. The molecular weight excluding hydrogens is 440 g/mol. The molecular formula is C24H40N4O6. The smallest absolute Gasteiger partial charge is 0.245 e. The van der Waals surface area contributed by atoms with Crippen LogP contribution in [0, 0.1) is 17.8 Å². The highest BCUT2D eigenvalue weighted by Crippen LogP contribution is 2.63. The molecule has 4 saturated heterocycles. The van der Waals surface area contributed by atoms with Gasteiger partial charge in [0.2, 0.25) is 17.7 Å². The summed E-state index contributed by atoms with van der Waals surface area (Å²) in [6, 6.07) is -1.40. The molecule has 0 radical (unpaired) electrons. The standard InChI is InChI=1S/C24H40N4O6/c1-5-15(2)16(14-29)28-19(21(31)26-8-9-27-10-12-33-13-11-27)24-7-6-23(3,34-24)17(20(30)25-4)18(24)22(28)32/h15-19,29H,5-14H2,1-4H3,(H,25,30)(H,26,31)/t15-,16-,17-,18-,19?,23+,24?/m0/s1. The highest BCUT2D eigenvalue weighted by atomic mass is 16.5. The van der Waals surface area contributed by atoms with Crippen molar-refractivity contribution < 1.29 is 29.0 Å². The van der Waals surface area contributed by atoms with E-state index in [2.05, 4.69) is 15.5 Å². The molecule has 3 N–H and O–H groups in total. The third-order valence-corrected chi connectivity index (χ3v) is 8.67. The molecule has 0 aromatic heterocycles. The lowest BCUT2D eigenvalue weighted by Crippen LogP contribution is -2.59. The number of hydrogen-bond acceptors (Lipinski definition) is 7. The molecule has 2 unspecified atom stereocenters. The Kier molecular flexibility index (Phi) is 7.24. The SMILES string of the molecule is CC[C@H](C)[C@H](CO)N1C(=O)[C@@H]2[C@@H](C(=O)NC)[C@@]3(C)CCC2(O3)C1C(=O)NCCN1CCOCC1. The molecule has 0 saturated carbocycles. The lowest BCUT2D eigenvalue weighted by Gasteiger charge is -2.39. The number of fused-ring (bicyclic) bond motifs is 1. The van der Waals surface area contributed by atoms with Crippen LogP contribution >= 0.6 is 0 Å². The molecule has 4 rings (SSSR count). The number of ether oxygens (including phenoxy) is 2. The van der Waals surface area contributed by atoms with Gasteiger partial charge >= 0.3 is 0 Å². The van der Waals surface area contributed by atoms with Crippen LogP contribution in [0.5, 0.6) is 0 Å². The summed E-state index contributed by atoms with van der Waals surface area (Å²) in [7, 11) is 1.56. The minimum absolute atomic E-state index is 0.0148. The van der Waals surface area contributed by atoms with Gasteiger partial charge in [0.25, 0.3) is 0 Å². The van der Waals surface area contributed by atoms with E-state index in [4.69, 9.17) is 9.47 Å². The van der Waals surface area contributed by atoms with Crippen LogP contribution in [0.2, 0.25) is 0 Å². The summed E-state index contributed by atoms with van der Waals surface area (Å²) in [5.74, 6) is -2.18. The van der Waals surface area contributed by atoms with Gasteiger partial charge in [-0.1, -0.05) is 20.3 Å². The van der Waals surface area contributed by atoms with Gasteiger partial charge in [-0.05, 0) is 25.7 Å². The van der Waals surface area contributed by atoms with Gasteiger partial charge in [0, 0.05) is 33.2 Å². The molecule has 4 heterocycles. The Morgan fingerprint density at radius 3 is 2.56 bits per heavy atom. The van der Waals surface area contributed by atoms with E-state index in [1.807, 2.05) is 20.8 Å². The van der Waals surface area contributed by atoms with Crippen LogP contribution in [0.25, 0.3) is 0 Å². The molecule has 7 atom stereocenters. The maximum Gasteiger partial charge on any atom is 0.245 e. The number of aliphatic hydroxyl groups is 1. The van der Waals surface area contributed by atoms with E-state index in [9.17, 15) is 19.5 Å². The van der Waals surface area contributed by atoms with Crippen LogP contribution in [0.3, 0.4) is 0 Å². The number of morpholine rings is 1. The number of amides is 3. The van der Waals surface area contributed by atoms with Crippen molar-refractivity contribution in [3.05, 3.63) is 0 Å². The zero-order valence-electron chi connectivity index (χ0n) is 20.8. The Morgan fingerprint density at radius 1 is 1.24 bits per heavy atom. The van der Waals surface area contributed by atoms with Crippen LogP contribution in [-0.2, 0) is 23.9 Å². The first kappa shape index (κ1) is 25.3. The zero-order valence-corrected chi connectivity index (χ0v) is 20.8. The summed E-state index contributed by atoms with van der Waals surface area (Å²) in [4.78, 5) is 44.4. The molecule has 1 spiro atoms. The number of rotatable bonds is 9. The first-order valence-corrected chi connectivity index (χ1v) is 12.7. The molecule has 0 aliphatic carbocycles. The van der Waals surface area contributed by atoms with E-state index in [-0.39, 0.29) is 30.2 Å². The summed E-state index contributed by atoms with van der Waals surface area (Å²) in [6.07, 6.45) is 1.88. The molecule has 3 amide bonds. The molecule has 4 fully saturated rings. The largest absolute Gasteiger partial charge is 0.394 e. The quantitative estimate of drug-likeness (QED) is 0.401. The molecule has 34 heavy (non-hydrogen) atoms. The van der Waals surface area contributed by atoms with E-state index in [0.717, 1.165) is 19.5 Å². The average molecular weight is 481 g/mol. The number of nitrogens with one attached hydrogen (secondary N) is 2. The summed E-state index contributed by atoms with van der Waals surface area (Å²) >= 11 is 0. The lowest BCUT2D eigenvalue weighted by atomic mass is 9.66. The second kappa shape index (κ2) is 9.72. The lowest BCUT2D eigenvalue weighted by molar-refractivity contribution is -0.151. The van der Waals surface area contributed by atoms with Gasteiger partial charge in [0.1, 0.15) is 11.6 Å². The summed E-state index contributed by atoms with van der Waals surface area (Å²) in [5.41, 5.74) is -1.85. The third kappa shape index (κ3) is 3.92. The number of likely N-dealkylation sites (tertiary alicyclic amines) is 1. The van der Waals surface area contributed by atoms with Crippen molar-refractivity contribution in [1.29, 1.82) is 0 Å². The van der Waals surface area contributed by atoms with Crippen LogP contribution in [0.15, 0.2) is 0 Å². The minimum atomic E-state index is -1.06. The van der Waals surface area contributed by atoms with Crippen LogP contribution in [0.1, 0.15) is 40.0 Å². The first-order valence-electron chi connectivity index (χ1n) is 12.7. The van der Waals surface area contributed by atoms with Crippen molar-refractivity contribution in [2.75, 3.05) is 53.0 Å². The number of hydrogen-bond donors (Lipinski definition) is 3. The van der Waals surface area contributed by atoms with E-state index in [1.54, 1.807) is 11.9 Å². The van der Waals surface area contributed by atoms with E-state index in [0.29, 0.717) is 39.1 Å². The molecule has 10 nitrogen and oxygen atoms in total. The molecule has 0 aromatic carbocycles. The zero-order chi connectivity index (χ0) is 24.7. The second-order valence-corrected chi connectivity index (χ2v) is 10.5. The van der Waals surface area contributed by atoms with Gasteiger partial charge in [-0.15, -0.1) is 0 Å². The van der Waals surface area contributed by atoms with E-state index >= 15 is 0 Å². The predicted molar refractivity (Wildman–Crippen MR) is 124 cm³/mol. The van der Waals surface area contributed by atoms with Crippen molar-refractivity contribution >= 4 is 17.7 Å². The Labute approximate surface area is 201 Å². The van der Waals surface area contributed by atoms with Crippen LogP contribution in [0.4, 0.5) is 0 Å². The monoisotopic (exact) mass is 480 g/mol. The van der Waals surface area contributed by atoms with Gasteiger partial charge in [-0.2, -0.15) is 0 Å². The summed E-state index contributed by atoms with van der Waals surface area (Å²) in [6.45, 7) is 9.77. The average Bonchev–Trinajstić information content (AvgIpc) is 3.40. The number of carbonyl (C=O) groups excluding carboxylic acids is 3. The highest BCUT2D eigenvalue weighted by molar-refractivity contribution is 5.99. The predicted octanol–water partition coefficient (Wildman–Crippen LogP) is -0.647. The van der Waals surface area contributed by atoms with Gasteiger partial charge in [-0.3, -0.25) is 19.3 Å². The molecule has 192 valence electrons. The number of aliphatic hydroxyl groups excluding tert-OH is 1. The topological polar surface area (TPSA) is 120 Å². The summed E-state index contributed by atoms with van der Waals surface area (Å²) < 4.78 is 11.9. The Morgan fingerprint density at radius 2 is 1.94 bits per heavy atom. The van der Waals surface area contributed by atoms with Crippen molar-refractivity contribution in [1.82, 2.24) is 20.4 Å². The van der Waals surface area contributed by atoms with Crippen molar-refractivity contribution in [2.45, 2.75) is 63.3 Å². The highest BCUT2D eigenvalue weighted by Gasteiger charge is 2.78. The first-order chi connectivity index (χ1) is 16.2. The fourth-order valence-electron chi connectivity index (χ4n) is 6.65. The van der Waals surface area contributed by atoms with Gasteiger partial charge in [-0.25, -0.2) is 0 Å². The maximum atomic E-state index is 14.0. The molecule has 10 heteroatoms. The third-order valence-electron chi connectivity index (χ3n) is 8.67. The van der Waals surface area contributed by atoms with E-state index < -0.39 is 35.1 Å². The normalized spacial score (nSPS) is 36.9. The fourth-order valence-corrected chi connectivity index (χ4v) is 6.65. The van der Waals surface area contributed by atoms with Gasteiger partial charge in [0.05, 0.1) is 43.3 Å². The van der Waals surface area contributed by atoms with Crippen molar-refractivity contribution in [3.63, 3.8) is 0 Å². The minimum Gasteiger partial charge on any atom is -0.394 e. The molecule has 4 aliphatic heterocycles. The maximum absolute atomic E-state index is 14.0. The van der Waals surface area contributed by atoms with Crippen molar-refractivity contribution in [3.8, 4) is 0 Å². The Balaban J connectivity index is 1.63. The van der Waals surface area contributed by atoms with E-state index in [1.165, 1.54) is 0 Å². The van der Waals surface area contributed by atoms with Gasteiger partial charge in [0.15, 0.2) is 0 Å². The Bertz CT molecular complexity index is 804. The Hall–Kier alpha value is -1.75. The molecule has 0 aromatic rings. The van der Waals surface area contributed by atoms with Crippen molar-refractivity contribution in [2.24, 2.45) is 17.8 Å². The molecule has 4 aliphatic rings. The number of carbonyl (C=O) groups is 3. The summed E-state index contributed by atoms with van der Waals surface area (Å²) in [5, 5.41) is 16.0. The van der Waals surface area contributed by atoms with Gasteiger partial charge < -0.3 is 30.1 Å².